The van der Waals surface area contributed by atoms with Gasteiger partial charge in [-0.15, -0.1) is 22.7 Å². The Labute approximate surface area is 524 Å². The molecule has 20 rings (SSSR count). The second kappa shape index (κ2) is 20.1. The highest BCUT2D eigenvalue weighted by molar-refractivity contribution is 7.26. The van der Waals surface area contributed by atoms with Gasteiger partial charge in [0, 0.05) is 102 Å². The largest absolute Gasteiger partial charge is 0.309 e. The third-order valence-electron chi connectivity index (χ3n) is 18.5. The molecular formula is C83H51N5S2. The first-order chi connectivity index (χ1) is 44.7. The first-order valence-electron chi connectivity index (χ1n) is 30.6. The van der Waals surface area contributed by atoms with Gasteiger partial charge in [-0.2, -0.15) is 0 Å². The van der Waals surface area contributed by atoms with E-state index in [2.05, 4.69) is 322 Å². The Kier molecular flexibility index (Phi) is 11.3. The fourth-order valence-corrected chi connectivity index (χ4v) is 17.0. The molecule has 0 spiro atoms. The molecule has 420 valence electrons. The van der Waals surface area contributed by atoms with Gasteiger partial charge in [0.1, 0.15) is 0 Å². The van der Waals surface area contributed by atoms with E-state index in [0.29, 0.717) is 0 Å². The number of para-hydroxylation sites is 7. The molecule has 0 amide bonds. The van der Waals surface area contributed by atoms with Crippen molar-refractivity contribution in [1.82, 2.24) is 23.3 Å². The van der Waals surface area contributed by atoms with Crippen molar-refractivity contribution >= 4 is 150 Å². The lowest BCUT2D eigenvalue weighted by Gasteiger charge is -2.12. The molecule has 13 aromatic carbocycles. The average Bonchev–Trinajstić information content (AvgIpc) is 1.94. The Morgan fingerprint density at radius 3 is 1.17 bits per heavy atom. The van der Waals surface area contributed by atoms with Gasteiger partial charge in [-0.1, -0.05) is 194 Å². The molecule has 5 nitrogen and oxygen atoms in total. The quantitative estimate of drug-likeness (QED) is 0.163. The molecule has 0 radical (unpaired) electrons. The van der Waals surface area contributed by atoms with Crippen molar-refractivity contribution in [2.24, 2.45) is 0 Å². The average molecular weight is 1180 g/mol. The van der Waals surface area contributed by atoms with Gasteiger partial charge in [-0.3, -0.25) is 4.57 Å². The number of fused-ring (bicyclic) bond motifs is 18. The molecule has 7 aromatic heterocycles. The van der Waals surface area contributed by atoms with E-state index >= 15 is 0 Å². The maximum Gasteiger partial charge on any atom is 0.155 e. The predicted molar refractivity (Wildman–Crippen MR) is 385 cm³/mol. The Morgan fingerprint density at radius 1 is 0.222 bits per heavy atom. The summed E-state index contributed by atoms with van der Waals surface area (Å²) in [6, 6.07) is 110. The maximum absolute atomic E-state index is 4.97. The second-order valence-corrected chi connectivity index (χ2v) is 25.5. The SMILES string of the molecule is c1cc(-c2cccc(-n3c4ccccc4c4cc(-n5c6ccccc6c6ccccc65)ccc43)c2)cc(-c2cccc3c2sc2ccccc23)c1.c1ccc2c(c1)c1ccccc1n2-c1ccc2sc3c(-n4c5ccccc5c5ccccc54)nccc3c2c1. The normalized spacial score (nSPS) is 12.0. The van der Waals surface area contributed by atoms with Crippen molar-refractivity contribution < 1.29 is 0 Å². The van der Waals surface area contributed by atoms with Crippen molar-refractivity contribution in [3.63, 3.8) is 0 Å². The van der Waals surface area contributed by atoms with Crippen LogP contribution in [0.3, 0.4) is 0 Å². The first-order valence-corrected chi connectivity index (χ1v) is 32.2. The van der Waals surface area contributed by atoms with Crippen LogP contribution in [-0.4, -0.2) is 23.3 Å². The molecule has 0 aliphatic rings. The lowest BCUT2D eigenvalue weighted by Crippen LogP contribution is -1.97. The molecule has 0 atom stereocenters. The Morgan fingerprint density at radius 2 is 0.600 bits per heavy atom. The van der Waals surface area contributed by atoms with Crippen LogP contribution < -0.4 is 0 Å². The third-order valence-corrected chi connectivity index (χ3v) is 20.9. The van der Waals surface area contributed by atoms with Crippen molar-refractivity contribution in [1.29, 1.82) is 0 Å². The number of thiophene rings is 2. The monoisotopic (exact) mass is 1180 g/mol. The maximum atomic E-state index is 4.97. The van der Waals surface area contributed by atoms with Gasteiger partial charge in [-0.25, -0.2) is 4.98 Å². The lowest BCUT2D eigenvalue weighted by atomic mass is 9.97. The number of hydrogen-bond donors (Lipinski definition) is 0. The molecule has 7 heteroatoms. The number of pyridine rings is 1. The minimum Gasteiger partial charge on any atom is -0.309 e. The van der Waals surface area contributed by atoms with Gasteiger partial charge < -0.3 is 13.7 Å². The summed E-state index contributed by atoms with van der Waals surface area (Å²) in [4.78, 5) is 4.97. The summed E-state index contributed by atoms with van der Waals surface area (Å²) in [6.07, 6.45) is 1.96. The van der Waals surface area contributed by atoms with E-state index in [1.807, 2.05) is 28.9 Å². The Bertz CT molecular complexity index is 6160. The molecule has 0 aliphatic heterocycles. The molecule has 0 aliphatic carbocycles. The summed E-state index contributed by atoms with van der Waals surface area (Å²) >= 11 is 3.71. The third kappa shape index (κ3) is 7.70. The predicted octanol–water partition coefficient (Wildman–Crippen LogP) is 23.2. The van der Waals surface area contributed by atoms with E-state index in [0.717, 1.165) is 11.5 Å². The smallest absolute Gasteiger partial charge is 0.155 e. The van der Waals surface area contributed by atoms with Crippen LogP contribution in [0, 0.1) is 0 Å². The number of nitrogens with zero attached hydrogens (tertiary/aromatic N) is 5. The number of rotatable bonds is 6. The fraction of sp³-hybridized carbons (Fsp3) is 0. The van der Waals surface area contributed by atoms with Gasteiger partial charge in [0.25, 0.3) is 0 Å². The highest BCUT2D eigenvalue weighted by Crippen LogP contribution is 2.45. The van der Waals surface area contributed by atoms with Crippen molar-refractivity contribution in [2.45, 2.75) is 0 Å². The molecule has 20 aromatic rings. The zero-order valence-electron chi connectivity index (χ0n) is 48.5. The standard InChI is InChI=1S/C48H30N2S.C35H21N3S/c1-5-22-43-37(16-1)38-17-2-6-23-44(38)50(43)35-26-27-46-42(30-35)39-18-3-7-24-45(39)49(46)34-15-10-13-32(29-34)31-12-9-14-33(28-31)36-20-11-21-41-40-19-4-8-25-47(40)51-48(36)41;1-5-13-29-23(9-1)24-10-2-6-14-30(24)37(29)22-17-18-33-28(21-22)27-19-20-36-35(34(27)39-33)38-31-15-7-3-11-25(31)26-12-4-8-16-32(26)38/h1-30H;1-21H. The van der Waals surface area contributed by atoms with Crippen LogP contribution in [0.5, 0.6) is 0 Å². The van der Waals surface area contributed by atoms with Crippen molar-refractivity contribution in [2.75, 3.05) is 0 Å². The van der Waals surface area contributed by atoms with Crippen LogP contribution in [0.15, 0.2) is 310 Å². The molecule has 0 saturated carbocycles. The molecular weight excluding hydrogens is 1130 g/mol. The van der Waals surface area contributed by atoms with Gasteiger partial charge in [-0.05, 0) is 131 Å². The van der Waals surface area contributed by atoms with Crippen molar-refractivity contribution in [3.05, 3.63) is 310 Å². The number of hydrogen-bond acceptors (Lipinski definition) is 3. The van der Waals surface area contributed by atoms with Crippen LogP contribution in [0.2, 0.25) is 0 Å². The van der Waals surface area contributed by atoms with E-state index in [9.17, 15) is 0 Å². The van der Waals surface area contributed by atoms with Crippen molar-refractivity contribution in [3.8, 4) is 45.1 Å². The summed E-state index contributed by atoms with van der Waals surface area (Å²) in [7, 11) is 0. The topological polar surface area (TPSA) is 32.6 Å². The minimum atomic E-state index is 0.990. The minimum absolute atomic E-state index is 0.990. The highest BCUT2D eigenvalue weighted by atomic mass is 32.1. The molecule has 0 bridgehead atoms. The van der Waals surface area contributed by atoms with Gasteiger partial charge in [0.15, 0.2) is 5.82 Å². The molecule has 7 heterocycles. The van der Waals surface area contributed by atoms with Gasteiger partial charge >= 0.3 is 0 Å². The number of benzene rings is 13. The Hall–Kier alpha value is -11.4. The van der Waals surface area contributed by atoms with Gasteiger partial charge in [0.05, 0.1) is 48.8 Å². The summed E-state index contributed by atoms with van der Waals surface area (Å²) in [6.45, 7) is 0. The van der Waals surface area contributed by atoms with Crippen LogP contribution in [0.1, 0.15) is 0 Å². The molecule has 0 unspecified atom stereocenters. The molecule has 0 N–H and O–H groups in total. The summed E-state index contributed by atoms with van der Waals surface area (Å²) < 4.78 is 14.7. The zero-order chi connectivity index (χ0) is 59.0. The van der Waals surface area contributed by atoms with E-state index in [4.69, 9.17) is 4.98 Å². The summed E-state index contributed by atoms with van der Waals surface area (Å²) in [5, 5.41) is 15.3. The lowest BCUT2D eigenvalue weighted by molar-refractivity contribution is 1.11. The summed E-state index contributed by atoms with van der Waals surface area (Å²) in [5.41, 5.74) is 18.1. The van der Waals surface area contributed by atoms with E-state index in [-0.39, 0.29) is 0 Å². The number of aromatic nitrogens is 5. The first kappa shape index (κ1) is 50.8. The van der Waals surface area contributed by atoms with E-state index in [1.165, 1.54) is 161 Å². The fourth-order valence-electron chi connectivity index (χ4n) is 14.6. The van der Waals surface area contributed by atoms with Crippen LogP contribution in [0.4, 0.5) is 0 Å². The molecule has 0 saturated heterocycles. The Balaban J connectivity index is 0.000000134. The summed E-state index contributed by atoms with van der Waals surface area (Å²) in [5.74, 6) is 0.990. The second-order valence-electron chi connectivity index (χ2n) is 23.4. The zero-order valence-corrected chi connectivity index (χ0v) is 50.1. The van der Waals surface area contributed by atoms with Crippen LogP contribution in [0.25, 0.3) is 173 Å². The molecule has 0 fully saturated rings. The van der Waals surface area contributed by atoms with Crippen LogP contribution >= 0.6 is 22.7 Å². The molecule has 90 heavy (non-hydrogen) atoms. The highest BCUT2D eigenvalue weighted by Gasteiger charge is 2.21. The van der Waals surface area contributed by atoms with Crippen LogP contribution in [-0.2, 0) is 0 Å². The van der Waals surface area contributed by atoms with E-state index in [1.54, 1.807) is 0 Å². The van der Waals surface area contributed by atoms with Gasteiger partial charge in [0.2, 0.25) is 0 Å². The van der Waals surface area contributed by atoms with E-state index < -0.39 is 0 Å².